The highest BCUT2D eigenvalue weighted by molar-refractivity contribution is 5.24. The zero-order valence-corrected chi connectivity index (χ0v) is 9.95. The summed E-state index contributed by atoms with van der Waals surface area (Å²) in [6.07, 6.45) is 1.14. The van der Waals surface area contributed by atoms with Gasteiger partial charge in [0.1, 0.15) is 0 Å². The minimum atomic E-state index is 0.0491. The van der Waals surface area contributed by atoms with Crippen LogP contribution in [0.3, 0.4) is 0 Å². The highest BCUT2D eigenvalue weighted by Gasteiger charge is 2.17. The van der Waals surface area contributed by atoms with E-state index in [1.807, 2.05) is 0 Å². The van der Waals surface area contributed by atoms with Crippen LogP contribution < -0.4 is 11.1 Å². The van der Waals surface area contributed by atoms with Crippen LogP contribution in [0.5, 0.6) is 0 Å². The highest BCUT2D eigenvalue weighted by atomic mass is 15.3. The van der Waals surface area contributed by atoms with Crippen molar-refractivity contribution in [3.05, 3.63) is 35.4 Å². The van der Waals surface area contributed by atoms with Gasteiger partial charge in [-0.25, -0.2) is 0 Å². The molecule has 1 aromatic carbocycles. The van der Waals surface area contributed by atoms with Gasteiger partial charge in [-0.2, -0.15) is 0 Å². The highest BCUT2D eigenvalue weighted by Crippen LogP contribution is 2.16. The van der Waals surface area contributed by atoms with E-state index in [1.165, 1.54) is 11.1 Å². The molecule has 1 aliphatic rings. The third-order valence-electron chi connectivity index (χ3n) is 3.27. The quantitative estimate of drug-likeness (QED) is 0.800. The summed E-state index contributed by atoms with van der Waals surface area (Å²) in [7, 11) is 0. The molecule has 88 valence electrons. The molecule has 0 saturated carbocycles. The second-order valence-corrected chi connectivity index (χ2v) is 4.33. The maximum absolute atomic E-state index is 6.26. The van der Waals surface area contributed by atoms with Gasteiger partial charge in [0, 0.05) is 26.2 Å². The predicted molar refractivity (Wildman–Crippen MR) is 67.2 cm³/mol. The van der Waals surface area contributed by atoms with Gasteiger partial charge in [-0.1, -0.05) is 31.2 Å². The molecule has 0 spiro atoms. The van der Waals surface area contributed by atoms with Gasteiger partial charge in [0.05, 0.1) is 6.17 Å². The molecular formula is C13H21N3. The largest absolute Gasteiger partial charge is 0.314 e. The molecule has 0 bridgehead atoms. The lowest BCUT2D eigenvalue weighted by molar-refractivity contribution is 0.177. The summed E-state index contributed by atoms with van der Waals surface area (Å²) in [4.78, 5) is 2.33. The number of rotatable bonds is 3. The molecule has 0 aliphatic carbocycles. The van der Waals surface area contributed by atoms with Gasteiger partial charge in [0.25, 0.3) is 0 Å². The summed E-state index contributed by atoms with van der Waals surface area (Å²) in [5.41, 5.74) is 8.85. The lowest BCUT2D eigenvalue weighted by Gasteiger charge is -2.32. The molecular weight excluding hydrogens is 198 g/mol. The summed E-state index contributed by atoms with van der Waals surface area (Å²) in [5.74, 6) is 0. The number of aryl methyl sites for hydroxylation is 1. The van der Waals surface area contributed by atoms with E-state index in [4.69, 9.17) is 5.73 Å². The van der Waals surface area contributed by atoms with Crippen LogP contribution in [0.4, 0.5) is 0 Å². The number of benzene rings is 1. The Labute approximate surface area is 97.6 Å². The molecule has 1 unspecified atom stereocenters. The third kappa shape index (κ3) is 2.61. The molecule has 2 rings (SSSR count). The van der Waals surface area contributed by atoms with E-state index in [0.29, 0.717) is 0 Å². The Kier molecular flexibility index (Phi) is 3.93. The van der Waals surface area contributed by atoms with Crippen molar-refractivity contribution in [1.29, 1.82) is 0 Å². The van der Waals surface area contributed by atoms with Gasteiger partial charge in [-0.15, -0.1) is 0 Å². The molecule has 1 fully saturated rings. The summed E-state index contributed by atoms with van der Waals surface area (Å²) in [5, 5.41) is 3.34. The standard InChI is InChI=1S/C13H21N3/c1-2-11-3-5-12(6-4-11)13(14)16-9-7-15-8-10-16/h3-6,13,15H,2,7-10,14H2,1H3. The summed E-state index contributed by atoms with van der Waals surface area (Å²) in [6.45, 7) is 6.33. The van der Waals surface area contributed by atoms with Crippen molar-refractivity contribution >= 4 is 0 Å². The van der Waals surface area contributed by atoms with Crippen molar-refractivity contribution in [2.75, 3.05) is 26.2 Å². The van der Waals surface area contributed by atoms with E-state index < -0.39 is 0 Å². The monoisotopic (exact) mass is 219 g/mol. The maximum Gasteiger partial charge on any atom is 0.0836 e. The van der Waals surface area contributed by atoms with Crippen LogP contribution in [0.2, 0.25) is 0 Å². The Hall–Kier alpha value is -0.900. The summed E-state index contributed by atoms with van der Waals surface area (Å²) in [6, 6.07) is 8.67. The molecule has 0 amide bonds. The molecule has 1 aromatic rings. The van der Waals surface area contributed by atoms with E-state index in [-0.39, 0.29) is 6.17 Å². The Morgan fingerprint density at radius 2 is 1.88 bits per heavy atom. The van der Waals surface area contributed by atoms with Crippen LogP contribution >= 0.6 is 0 Å². The van der Waals surface area contributed by atoms with Crippen LogP contribution in [0.15, 0.2) is 24.3 Å². The fourth-order valence-electron chi connectivity index (χ4n) is 2.12. The first-order chi connectivity index (χ1) is 7.81. The van der Waals surface area contributed by atoms with Gasteiger partial charge in [0.2, 0.25) is 0 Å². The SMILES string of the molecule is CCc1ccc(C(N)N2CCNCC2)cc1. The van der Waals surface area contributed by atoms with Crippen molar-refractivity contribution in [3.8, 4) is 0 Å². The zero-order chi connectivity index (χ0) is 11.4. The van der Waals surface area contributed by atoms with Gasteiger partial charge in [0.15, 0.2) is 0 Å². The smallest absolute Gasteiger partial charge is 0.0836 e. The predicted octanol–water partition coefficient (Wildman–Crippen LogP) is 1.11. The molecule has 1 heterocycles. The van der Waals surface area contributed by atoms with E-state index in [2.05, 4.69) is 41.4 Å². The average molecular weight is 219 g/mol. The van der Waals surface area contributed by atoms with E-state index >= 15 is 0 Å². The fraction of sp³-hybridized carbons (Fsp3) is 0.538. The van der Waals surface area contributed by atoms with Gasteiger partial charge in [-0.05, 0) is 17.5 Å². The Morgan fingerprint density at radius 3 is 2.44 bits per heavy atom. The number of hydrogen-bond acceptors (Lipinski definition) is 3. The number of hydrogen-bond donors (Lipinski definition) is 2. The summed E-state index contributed by atoms with van der Waals surface area (Å²) >= 11 is 0. The van der Waals surface area contributed by atoms with Crippen molar-refractivity contribution in [1.82, 2.24) is 10.2 Å². The second-order valence-electron chi connectivity index (χ2n) is 4.33. The molecule has 1 atom stereocenters. The van der Waals surface area contributed by atoms with Crippen LogP contribution in [0.1, 0.15) is 24.2 Å². The summed E-state index contributed by atoms with van der Waals surface area (Å²) < 4.78 is 0. The third-order valence-corrected chi connectivity index (χ3v) is 3.27. The minimum Gasteiger partial charge on any atom is -0.314 e. The molecule has 1 aliphatic heterocycles. The van der Waals surface area contributed by atoms with Crippen LogP contribution in [0, 0.1) is 0 Å². The van der Waals surface area contributed by atoms with Crippen LogP contribution in [0.25, 0.3) is 0 Å². The van der Waals surface area contributed by atoms with Crippen molar-refractivity contribution in [3.63, 3.8) is 0 Å². The van der Waals surface area contributed by atoms with E-state index in [0.717, 1.165) is 32.6 Å². The average Bonchev–Trinajstić information content (AvgIpc) is 2.39. The normalized spacial score (nSPS) is 19.6. The van der Waals surface area contributed by atoms with Crippen molar-refractivity contribution < 1.29 is 0 Å². The topological polar surface area (TPSA) is 41.3 Å². The molecule has 3 heteroatoms. The molecule has 0 radical (unpaired) electrons. The molecule has 3 N–H and O–H groups in total. The number of nitrogens with two attached hydrogens (primary N) is 1. The van der Waals surface area contributed by atoms with E-state index in [1.54, 1.807) is 0 Å². The molecule has 3 nitrogen and oxygen atoms in total. The number of nitrogens with one attached hydrogen (secondary N) is 1. The minimum absolute atomic E-state index is 0.0491. The van der Waals surface area contributed by atoms with Crippen molar-refractivity contribution in [2.24, 2.45) is 5.73 Å². The molecule has 16 heavy (non-hydrogen) atoms. The molecule has 1 saturated heterocycles. The number of piperazine rings is 1. The Balaban J connectivity index is 2.04. The first kappa shape index (κ1) is 11.6. The van der Waals surface area contributed by atoms with E-state index in [9.17, 15) is 0 Å². The first-order valence-electron chi connectivity index (χ1n) is 6.10. The van der Waals surface area contributed by atoms with Crippen molar-refractivity contribution in [2.45, 2.75) is 19.5 Å². The van der Waals surface area contributed by atoms with Crippen LogP contribution in [-0.4, -0.2) is 31.1 Å². The van der Waals surface area contributed by atoms with Gasteiger partial charge >= 0.3 is 0 Å². The lowest BCUT2D eigenvalue weighted by Crippen LogP contribution is -2.47. The number of nitrogens with zero attached hydrogens (tertiary/aromatic N) is 1. The van der Waals surface area contributed by atoms with Crippen LogP contribution in [-0.2, 0) is 6.42 Å². The maximum atomic E-state index is 6.26. The molecule has 0 aromatic heterocycles. The van der Waals surface area contributed by atoms with Gasteiger partial charge < -0.3 is 11.1 Å². The fourth-order valence-corrected chi connectivity index (χ4v) is 2.12. The lowest BCUT2D eigenvalue weighted by atomic mass is 10.1. The second kappa shape index (κ2) is 5.43. The first-order valence-corrected chi connectivity index (χ1v) is 6.10. The van der Waals surface area contributed by atoms with Gasteiger partial charge in [-0.3, -0.25) is 4.90 Å². The Bertz CT molecular complexity index is 314. The Morgan fingerprint density at radius 1 is 1.25 bits per heavy atom. The zero-order valence-electron chi connectivity index (χ0n) is 9.95.